The molecule has 0 bridgehead atoms. The van der Waals surface area contributed by atoms with Crippen molar-refractivity contribution in [1.29, 1.82) is 5.26 Å². The molecule has 0 heterocycles. The SMILES string of the molecule is N#CCNC(=O)C(CNC(=O)c1ccc(-c2ccccc2)cc1)c1cc(Cl)c(O)c(Cl)c1. The van der Waals surface area contributed by atoms with Gasteiger partial charge in [-0.15, -0.1) is 0 Å². The molecule has 3 aromatic carbocycles. The van der Waals surface area contributed by atoms with Gasteiger partial charge in [-0.25, -0.2) is 0 Å². The van der Waals surface area contributed by atoms with Crippen molar-refractivity contribution in [2.45, 2.75) is 5.92 Å². The Morgan fingerprint density at radius 1 is 0.938 bits per heavy atom. The molecule has 0 saturated carbocycles. The summed E-state index contributed by atoms with van der Waals surface area (Å²) in [7, 11) is 0. The predicted molar refractivity (Wildman–Crippen MR) is 124 cm³/mol. The Kier molecular flexibility index (Phi) is 7.72. The summed E-state index contributed by atoms with van der Waals surface area (Å²) in [6, 6.07) is 21.5. The van der Waals surface area contributed by atoms with Gasteiger partial charge < -0.3 is 15.7 Å². The van der Waals surface area contributed by atoms with Crippen molar-refractivity contribution in [2.24, 2.45) is 0 Å². The molecular formula is C24H19Cl2N3O3. The second-order valence-corrected chi connectivity index (χ2v) is 7.73. The largest absolute Gasteiger partial charge is 0.505 e. The molecule has 3 rings (SSSR count). The van der Waals surface area contributed by atoms with E-state index in [-0.39, 0.29) is 34.8 Å². The number of hydrogen-bond acceptors (Lipinski definition) is 4. The van der Waals surface area contributed by atoms with Crippen LogP contribution < -0.4 is 10.6 Å². The number of phenols is 1. The maximum Gasteiger partial charge on any atom is 0.251 e. The summed E-state index contributed by atoms with van der Waals surface area (Å²) < 4.78 is 0. The highest BCUT2D eigenvalue weighted by atomic mass is 35.5. The maximum absolute atomic E-state index is 12.7. The fourth-order valence-electron chi connectivity index (χ4n) is 3.14. The second-order valence-electron chi connectivity index (χ2n) is 6.92. The van der Waals surface area contributed by atoms with E-state index in [0.717, 1.165) is 11.1 Å². The van der Waals surface area contributed by atoms with E-state index in [4.69, 9.17) is 28.5 Å². The molecule has 0 aromatic heterocycles. The second kappa shape index (κ2) is 10.7. The summed E-state index contributed by atoms with van der Waals surface area (Å²) in [5.74, 6) is -2.01. The standard InChI is InChI=1S/C24H19Cl2N3O3/c25-20-12-18(13-21(26)22(20)30)19(24(32)28-11-10-27)14-29-23(31)17-8-6-16(7-9-17)15-4-2-1-3-5-15/h1-9,12-13,19,30H,11,14H2,(H,28,32)(H,29,31). The Bertz CT molecular complexity index is 1140. The van der Waals surface area contributed by atoms with Crippen LogP contribution in [0.2, 0.25) is 10.0 Å². The van der Waals surface area contributed by atoms with Crippen molar-refractivity contribution in [3.63, 3.8) is 0 Å². The van der Waals surface area contributed by atoms with Gasteiger partial charge in [0.15, 0.2) is 5.75 Å². The van der Waals surface area contributed by atoms with Crippen LogP contribution in [0.1, 0.15) is 21.8 Å². The monoisotopic (exact) mass is 467 g/mol. The molecular weight excluding hydrogens is 449 g/mol. The lowest BCUT2D eigenvalue weighted by molar-refractivity contribution is -0.122. The van der Waals surface area contributed by atoms with E-state index in [1.165, 1.54) is 12.1 Å². The summed E-state index contributed by atoms with van der Waals surface area (Å²) >= 11 is 12.0. The van der Waals surface area contributed by atoms with Gasteiger partial charge >= 0.3 is 0 Å². The minimum Gasteiger partial charge on any atom is -0.505 e. The van der Waals surface area contributed by atoms with Crippen LogP contribution in [0.25, 0.3) is 11.1 Å². The van der Waals surface area contributed by atoms with Crippen molar-refractivity contribution >= 4 is 35.0 Å². The molecule has 0 radical (unpaired) electrons. The normalized spacial score (nSPS) is 11.3. The first-order chi connectivity index (χ1) is 15.4. The van der Waals surface area contributed by atoms with E-state index in [9.17, 15) is 14.7 Å². The molecule has 0 fully saturated rings. The summed E-state index contributed by atoms with van der Waals surface area (Å²) in [5.41, 5.74) is 2.84. The molecule has 0 aliphatic carbocycles. The zero-order chi connectivity index (χ0) is 23.1. The maximum atomic E-state index is 12.7. The average Bonchev–Trinajstić information content (AvgIpc) is 2.81. The first kappa shape index (κ1) is 23.1. The molecule has 1 atom stereocenters. The van der Waals surface area contributed by atoms with Crippen LogP contribution in [0, 0.1) is 11.3 Å². The van der Waals surface area contributed by atoms with Gasteiger partial charge in [0.1, 0.15) is 6.54 Å². The first-order valence-corrected chi connectivity index (χ1v) is 10.4. The van der Waals surface area contributed by atoms with Gasteiger partial charge in [0.2, 0.25) is 5.91 Å². The zero-order valence-electron chi connectivity index (χ0n) is 16.8. The average molecular weight is 468 g/mol. The Hall–Kier alpha value is -3.53. The summed E-state index contributed by atoms with van der Waals surface area (Å²) in [6.45, 7) is -0.252. The highest BCUT2D eigenvalue weighted by molar-refractivity contribution is 6.37. The van der Waals surface area contributed by atoms with Crippen LogP contribution in [0.5, 0.6) is 5.75 Å². The molecule has 8 heteroatoms. The van der Waals surface area contributed by atoms with Gasteiger partial charge in [0.25, 0.3) is 5.91 Å². The number of amides is 2. The lowest BCUT2D eigenvalue weighted by Crippen LogP contribution is -2.37. The van der Waals surface area contributed by atoms with Crippen LogP contribution in [0.3, 0.4) is 0 Å². The molecule has 6 nitrogen and oxygen atoms in total. The van der Waals surface area contributed by atoms with Crippen molar-refractivity contribution in [1.82, 2.24) is 10.6 Å². The summed E-state index contributed by atoms with van der Waals surface area (Å²) in [6.07, 6.45) is 0. The number of carbonyl (C=O) groups is 2. The highest BCUT2D eigenvalue weighted by Gasteiger charge is 2.23. The number of nitriles is 1. The van der Waals surface area contributed by atoms with Gasteiger partial charge in [-0.1, -0.05) is 65.7 Å². The van der Waals surface area contributed by atoms with Crippen molar-refractivity contribution in [3.8, 4) is 22.9 Å². The number of halogens is 2. The van der Waals surface area contributed by atoms with Crippen LogP contribution in [0.15, 0.2) is 66.7 Å². The molecule has 3 N–H and O–H groups in total. The lowest BCUT2D eigenvalue weighted by Gasteiger charge is -2.18. The van der Waals surface area contributed by atoms with Crippen LogP contribution in [-0.4, -0.2) is 30.0 Å². The third-order valence-corrected chi connectivity index (χ3v) is 5.40. The lowest BCUT2D eigenvalue weighted by atomic mass is 9.97. The van der Waals surface area contributed by atoms with E-state index in [1.54, 1.807) is 12.1 Å². The van der Waals surface area contributed by atoms with Crippen molar-refractivity contribution in [3.05, 3.63) is 87.9 Å². The van der Waals surface area contributed by atoms with Gasteiger partial charge in [0, 0.05) is 12.1 Å². The molecule has 0 aliphatic heterocycles. The van der Waals surface area contributed by atoms with E-state index in [1.807, 2.05) is 48.5 Å². The van der Waals surface area contributed by atoms with Crippen LogP contribution in [0.4, 0.5) is 0 Å². The number of hydrogen-bond donors (Lipinski definition) is 3. The van der Waals surface area contributed by atoms with Gasteiger partial charge in [-0.2, -0.15) is 5.26 Å². The van der Waals surface area contributed by atoms with Crippen LogP contribution in [-0.2, 0) is 4.79 Å². The Morgan fingerprint density at radius 2 is 1.53 bits per heavy atom. The molecule has 3 aromatic rings. The minimum atomic E-state index is -0.869. The number of benzene rings is 3. The fraction of sp³-hybridized carbons (Fsp3) is 0.125. The first-order valence-electron chi connectivity index (χ1n) is 9.67. The molecule has 1 unspecified atom stereocenters. The molecule has 32 heavy (non-hydrogen) atoms. The number of nitrogens with zero attached hydrogens (tertiary/aromatic N) is 1. The van der Waals surface area contributed by atoms with Crippen LogP contribution >= 0.6 is 23.2 Å². The van der Waals surface area contributed by atoms with E-state index in [2.05, 4.69) is 10.6 Å². The Labute approximate surface area is 195 Å². The Morgan fingerprint density at radius 3 is 2.12 bits per heavy atom. The summed E-state index contributed by atoms with van der Waals surface area (Å²) in [5, 5.41) is 23.7. The number of phenolic OH excluding ortho intramolecular Hbond substituents is 1. The van der Waals surface area contributed by atoms with Gasteiger partial charge in [-0.3, -0.25) is 9.59 Å². The van der Waals surface area contributed by atoms with Gasteiger partial charge in [0.05, 0.1) is 22.0 Å². The number of rotatable bonds is 7. The molecule has 0 aliphatic rings. The van der Waals surface area contributed by atoms with Crippen molar-refractivity contribution < 1.29 is 14.7 Å². The summed E-state index contributed by atoms with van der Waals surface area (Å²) in [4.78, 5) is 25.3. The molecule has 0 spiro atoms. The fourth-order valence-corrected chi connectivity index (χ4v) is 3.64. The smallest absolute Gasteiger partial charge is 0.251 e. The molecule has 0 saturated heterocycles. The molecule has 162 valence electrons. The zero-order valence-corrected chi connectivity index (χ0v) is 18.3. The highest BCUT2D eigenvalue weighted by Crippen LogP contribution is 2.35. The topological polar surface area (TPSA) is 102 Å². The van der Waals surface area contributed by atoms with Crippen molar-refractivity contribution in [2.75, 3.05) is 13.1 Å². The number of carbonyl (C=O) groups excluding carboxylic acids is 2. The third-order valence-electron chi connectivity index (χ3n) is 4.82. The quantitative estimate of drug-likeness (QED) is 0.444. The molecule has 2 amide bonds. The van der Waals surface area contributed by atoms with Gasteiger partial charge in [-0.05, 0) is 41.0 Å². The Balaban J connectivity index is 1.76. The van der Waals surface area contributed by atoms with E-state index < -0.39 is 11.8 Å². The predicted octanol–water partition coefficient (Wildman–Crippen LogP) is 4.52. The number of aromatic hydroxyl groups is 1. The third kappa shape index (κ3) is 5.58. The number of nitrogens with one attached hydrogen (secondary N) is 2. The van der Waals surface area contributed by atoms with E-state index in [0.29, 0.717) is 11.1 Å². The minimum absolute atomic E-state index is 0.0200. The van der Waals surface area contributed by atoms with E-state index >= 15 is 0 Å².